The maximum absolute atomic E-state index is 4.39. The van der Waals surface area contributed by atoms with Crippen LogP contribution in [0.25, 0.3) is 10.2 Å². The van der Waals surface area contributed by atoms with Crippen LogP contribution in [0, 0.1) is 13.8 Å². The molecule has 19 heavy (non-hydrogen) atoms. The number of nitrogens with zero attached hydrogens (tertiary/aromatic N) is 3. The fourth-order valence-electron chi connectivity index (χ4n) is 1.93. The molecule has 0 aliphatic carbocycles. The summed E-state index contributed by atoms with van der Waals surface area (Å²) in [5.41, 5.74) is 1.29. The number of aryl methyl sites for hydroxylation is 2. The highest BCUT2D eigenvalue weighted by atomic mass is 32.1. The van der Waals surface area contributed by atoms with Crippen molar-refractivity contribution in [2.24, 2.45) is 0 Å². The van der Waals surface area contributed by atoms with Crippen molar-refractivity contribution in [1.82, 2.24) is 14.9 Å². The second-order valence-corrected chi connectivity index (χ2v) is 6.39. The largest absolute Gasteiger partial charge is 0.368 e. The molecule has 5 heteroatoms. The lowest BCUT2D eigenvalue weighted by Gasteiger charge is -2.21. The molecule has 0 bridgehead atoms. The summed E-state index contributed by atoms with van der Waals surface area (Å²) < 4.78 is 0. The van der Waals surface area contributed by atoms with Gasteiger partial charge in [0.15, 0.2) is 0 Å². The summed E-state index contributed by atoms with van der Waals surface area (Å²) in [7, 11) is 2.14. The first-order valence-electron chi connectivity index (χ1n) is 6.65. The minimum absolute atomic E-state index is 0.567. The molecule has 2 aromatic heterocycles. The molecule has 1 N–H and O–H groups in total. The topological polar surface area (TPSA) is 41.1 Å². The second kappa shape index (κ2) is 5.84. The van der Waals surface area contributed by atoms with E-state index in [1.54, 1.807) is 17.7 Å². The Morgan fingerprint density at radius 3 is 2.74 bits per heavy atom. The minimum atomic E-state index is 0.567. The molecule has 0 aliphatic heterocycles. The molecule has 0 saturated heterocycles. The average Bonchev–Trinajstić information content (AvgIpc) is 2.66. The second-order valence-electron chi connectivity index (χ2n) is 5.19. The third-order valence-electron chi connectivity index (χ3n) is 3.60. The van der Waals surface area contributed by atoms with Gasteiger partial charge >= 0.3 is 0 Å². The summed E-state index contributed by atoms with van der Waals surface area (Å²) in [6.45, 7) is 10.6. The molecule has 0 spiro atoms. The van der Waals surface area contributed by atoms with E-state index >= 15 is 0 Å². The number of thiophene rings is 1. The maximum Gasteiger partial charge on any atom is 0.138 e. The Hall–Kier alpha value is -1.20. The van der Waals surface area contributed by atoms with Gasteiger partial charge in [0.2, 0.25) is 0 Å². The third kappa shape index (κ3) is 3.04. The van der Waals surface area contributed by atoms with Crippen molar-refractivity contribution in [2.45, 2.75) is 33.7 Å². The summed E-state index contributed by atoms with van der Waals surface area (Å²) in [6.07, 6.45) is 1.65. The first kappa shape index (κ1) is 14.2. The molecule has 0 amide bonds. The number of hydrogen-bond acceptors (Lipinski definition) is 5. The molecule has 0 aromatic carbocycles. The number of anilines is 1. The number of fused-ring (bicyclic) bond motifs is 1. The van der Waals surface area contributed by atoms with Gasteiger partial charge < -0.3 is 10.2 Å². The average molecular weight is 278 g/mol. The number of nitrogens with one attached hydrogen (secondary N) is 1. The van der Waals surface area contributed by atoms with Gasteiger partial charge in [0.1, 0.15) is 17.0 Å². The smallest absolute Gasteiger partial charge is 0.138 e. The van der Waals surface area contributed by atoms with Gasteiger partial charge in [-0.3, -0.25) is 0 Å². The van der Waals surface area contributed by atoms with E-state index in [2.05, 4.69) is 54.9 Å². The molecule has 2 heterocycles. The predicted octanol–water partition coefficient (Wildman–Crippen LogP) is 3.06. The van der Waals surface area contributed by atoms with Crippen LogP contribution >= 0.6 is 11.3 Å². The van der Waals surface area contributed by atoms with Gasteiger partial charge in [-0.25, -0.2) is 9.97 Å². The zero-order valence-electron chi connectivity index (χ0n) is 12.3. The van der Waals surface area contributed by atoms with Crippen molar-refractivity contribution < 1.29 is 0 Å². The highest BCUT2D eigenvalue weighted by Gasteiger charge is 2.11. The lowest BCUT2D eigenvalue weighted by atomic mass is 10.2. The van der Waals surface area contributed by atoms with Crippen LogP contribution < -0.4 is 5.32 Å². The van der Waals surface area contributed by atoms with Crippen molar-refractivity contribution >= 4 is 27.4 Å². The number of rotatable bonds is 5. The zero-order chi connectivity index (χ0) is 14.0. The van der Waals surface area contributed by atoms with E-state index in [0.29, 0.717) is 6.04 Å². The fourth-order valence-corrected chi connectivity index (χ4v) is 2.92. The van der Waals surface area contributed by atoms with Crippen molar-refractivity contribution in [3.8, 4) is 0 Å². The van der Waals surface area contributed by atoms with Crippen LogP contribution in [0.5, 0.6) is 0 Å². The molecule has 2 aromatic rings. The highest BCUT2D eigenvalue weighted by Crippen LogP contribution is 2.32. The molecule has 104 valence electrons. The van der Waals surface area contributed by atoms with Gasteiger partial charge in [-0.15, -0.1) is 11.3 Å². The lowest BCUT2D eigenvalue weighted by molar-refractivity contribution is 0.284. The molecular weight excluding hydrogens is 256 g/mol. The minimum Gasteiger partial charge on any atom is -0.368 e. The van der Waals surface area contributed by atoms with Gasteiger partial charge in [0.05, 0.1) is 5.39 Å². The van der Waals surface area contributed by atoms with Crippen molar-refractivity contribution in [1.29, 1.82) is 0 Å². The standard InChI is InChI=1S/C14H22N4S/c1-9(2)18(5)7-6-15-13-12-10(3)11(4)19-14(12)17-8-16-13/h8-9H,6-7H2,1-5H3,(H,15,16,17). The van der Waals surface area contributed by atoms with Crippen LogP contribution in [0.4, 0.5) is 5.82 Å². The van der Waals surface area contributed by atoms with E-state index in [1.165, 1.54) is 15.8 Å². The summed E-state index contributed by atoms with van der Waals surface area (Å²) >= 11 is 1.74. The predicted molar refractivity (Wildman–Crippen MR) is 83.1 cm³/mol. The number of likely N-dealkylation sites (N-methyl/N-ethyl adjacent to an activating group) is 1. The number of aromatic nitrogens is 2. The van der Waals surface area contributed by atoms with Gasteiger partial charge in [-0.2, -0.15) is 0 Å². The Balaban J connectivity index is 2.13. The van der Waals surface area contributed by atoms with Crippen LogP contribution in [0.1, 0.15) is 24.3 Å². The van der Waals surface area contributed by atoms with Crippen LogP contribution in [-0.4, -0.2) is 41.0 Å². The van der Waals surface area contributed by atoms with E-state index < -0.39 is 0 Å². The van der Waals surface area contributed by atoms with Crippen LogP contribution in [0.2, 0.25) is 0 Å². The van der Waals surface area contributed by atoms with E-state index in [0.717, 1.165) is 23.7 Å². The van der Waals surface area contributed by atoms with Crippen LogP contribution in [0.3, 0.4) is 0 Å². The quantitative estimate of drug-likeness (QED) is 0.912. The Bertz CT molecular complexity index is 562. The van der Waals surface area contributed by atoms with Crippen molar-refractivity contribution in [2.75, 3.05) is 25.5 Å². The Kier molecular flexibility index (Phi) is 4.37. The normalized spacial score (nSPS) is 11.7. The van der Waals surface area contributed by atoms with E-state index in [1.807, 2.05) is 0 Å². The van der Waals surface area contributed by atoms with Crippen molar-refractivity contribution in [3.63, 3.8) is 0 Å². The lowest BCUT2D eigenvalue weighted by Crippen LogP contribution is -2.31. The zero-order valence-corrected chi connectivity index (χ0v) is 13.1. The first-order valence-corrected chi connectivity index (χ1v) is 7.47. The summed E-state index contributed by atoms with van der Waals surface area (Å²) in [4.78, 5) is 13.4. The van der Waals surface area contributed by atoms with Gasteiger partial charge in [0, 0.05) is 24.0 Å². The summed E-state index contributed by atoms with van der Waals surface area (Å²) in [6, 6.07) is 0.567. The molecular formula is C14H22N4S. The highest BCUT2D eigenvalue weighted by molar-refractivity contribution is 7.18. The van der Waals surface area contributed by atoms with Crippen molar-refractivity contribution in [3.05, 3.63) is 16.8 Å². The number of hydrogen-bond donors (Lipinski definition) is 1. The van der Waals surface area contributed by atoms with Crippen LogP contribution in [0.15, 0.2) is 6.33 Å². The summed E-state index contributed by atoms with van der Waals surface area (Å²) in [5, 5.41) is 4.62. The van der Waals surface area contributed by atoms with Crippen LogP contribution in [-0.2, 0) is 0 Å². The Morgan fingerprint density at radius 2 is 2.05 bits per heavy atom. The first-order chi connectivity index (χ1) is 9.00. The van der Waals surface area contributed by atoms with E-state index in [9.17, 15) is 0 Å². The van der Waals surface area contributed by atoms with E-state index in [4.69, 9.17) is 0 Å². The molecule has 0 atom stereocenters. The SMILES string of the molecule is Cc1sc2ncnc(NCCN(C)C(C)C)c2c1C. The Morgan fingerprint density at radius 1 is 1.32 bits per heavy atom. The monoisotopic (exact) mass is 278 g/mol. The third-order valence-corrected chi connectivity index (χ3v) is 4.72. The summed E-state index contributed by atoms with van der Waals surface area (Å²) in [5.74, 6) is 0.962. The van der Waals surface area contributed by atoms with Gasteiger partial charge in [-0.1, -0.05) is 0 Å². The molecule has 2 rings (SSSR count). The molecule has 0 fully saturated rings. The molecule has 4 nitrogen and oxygen atoms in total. The molecule has 0 radical (unpaired) electrons. The molecule has 0 unspecified atom stereocenters. The Labute approximate surface area is 118 Å². The molecule has 0 aliphatic rings. The maximum atomic E-state index is 4.39. The molecule has 0 saturated carbocycles. The van der Waals surface area contributed by atoms with Gasteiger partial charge in [0.25, 0.3) is 0 Å². The fraction of sp³-hybridized carbons (Fsp3) is 0.571. The van der Waals surface area contributed by atoms with Gasteiger partial charge in [-0.05, 0) is 40.3 Å². The van der Waals surface area contributed by atoms with E-state index in [-0.39, 0.29) is 0 Å².